The number of benzene rings is 2. The SMILES string of the molecule is CN(C)Sc1cccc(N/C=C\C(=O)c2ccccc2)c1. The molecule has 0 unspecified atom stereocenters. The first kappa shape index (κ1) is 15.4. The monoisotopic (exact) mass is 298 g/mol. The Morgan fingerprint density at radius 3 is 2.57 bits per heavy atom. The quantitative estimate of drug-likeness (QED) is 0.495. The molecule has 0 bridgehead atoms. The molecule has 2 rings (SSSR count). The van der Waals surface area contributed by atoms with E-state index in [1.807, 2.05) is 54.8 Å². The second-order valence-electron chi connectivity index (χ2n) is 4.64. The summed E-state index contributed by atoms with van der Waals surface area (Å²) in [6, 6.07) is 17.3. The maximum Gasteiger partial charge on any atom is 0.187 e. The van der Waals surface area contributed by atoms with E-state index in [0.29, 0.717) is 5.56 Å². The molecule has 21 heavy (non-hydrogen) atoms. The van der Waals surface area contributed by atoms with Gasteiger partial charge in [-0.05, 0) is 44.2 Å². The highest BCUT2D eigenvalue weighted by Gasteiger charge is 2.00. The van der Waals surface area contributed by atoms with Crippen LogP contribution in [-0.4, -0.2) is 24.2 Å². The maximum atomic E-state index is 11.9. The van der Waals surface area contributed by atoms with Gasteiger partial charge in [0.25, 0.3) is 0 Å². The average molecular weight is 298 g/mol. The van der Waals surface area contributed by atoms with Crippen LogP contribution in [0.4, 0.5) is 5.69 Å². The smallest absolute Gasteiger partial charge is 0.187 e. The van der Waals surface area contributed by atoms with E-state index in [2.05, 4.69) is 11.4 Å². The fourth-order valence-corrected chi connectivity index (χ4v) is 2.51. The van der Waals surface area contributed by atoms with Gasteiger partial charge in [-0.3, -0.25) is 9.10 Å². The zero-order valence-corrected chi connectivity index (χ0v) is 12.9. The first-order chi connectivity index (χ1) is 10.1. The molecule has 0 aromatic heterocycles. The van der Waals surface area contributed by atoms with Gasteiger partial charge in [-0.25, -0.2) is 0 Å². The summed E-state index contributed by atoms with van der Waals surface area (Å²) in [5, 5.41) is 3.13. The lowest BCUT2D eigenvalue weighted by atomic mass is 10.1. The molecule has 0 aliphatic carbocycles. The van der Waals surface area contributed by atoms with E-state index in [0.717, 1.165) is 10.6 Å². The molecule has 3 nitrogen and oxygen atoms in total. The number of carbonyl (C=O) groups excluding carboxylic acids is 1. The van der Waals surface area contributed by atoms with E-state index in [1.54, 1.807) is 36.4 Å². The summed E-state index contributed by atoms with van der Waals surface area (Å²) in [6.07, 6.45) is 3.22. The molecule has 108 valence electrons. The lowest BCUT2D eigenvalue weighted by Gasteiger charge is -2.09. The summed E-state index contributed by atoms with van der Waals surface area (Å²) >= 11 is 1.65. The van der Waals surface area contributed by atoms with Crippen LogP contribution in [0.15, 0.2) is 71.8 Å². The highest BCUT2D eigenvalue weighted by atomic mass is 32.2. The largest absolute Gasteiger partial charge is 0.362 e. The number of anilines is 1. The molecule has 0 radical (unpaired) electrons. The van der Waals surface area contributed by atoms with E-state index < -0.39 is 0 Å². The molecule has 4 heteroatoms. The predicted octanol–water partition coefficient (Wildman–Crippen LogP) is 4.06. The molecule has 2 aromatic carbocycles. The highest BCUT2D eigenvalue weighted by Crippen LogP contribution is 2.22. The first-order valence-corrected chi connectivity index (χ1v) is 7.40. The Morgan fingerprint density at radius 2 is 1.86 bits per heavy atom. The van der Waals surface area contributed by atoms with Gasteiger partial charge < -0.3 is 5.32 Å². The van der Waals surface area contributed by atoms with Crippen LogP contribution in [0, 0.1) is 0 Å². The van der Waals surface area contributed by atoms with Crippen molar-refractivity contribution in [1.29, 1.82) is 0 Å². The van der Waals surface area contributed by atoms with Crippen molar-refractivity contribution in [1.82, 2.24) is 4.31 Å². The number of hydrogen-bond acceptors (Lipinski definition) is 4. The number of nitrogens with zero attached hydrogens (tertiary/aromatic N) is 1. The molecule has 0 spiro atoms. The lowest BCUT2D eigenvalue weighted by molar-refractivity contribution is 0.104. The minimum atomic E-state index is -0.0121. The minimum absolute atomic E-state index is 0.0121. The van der Waals surface area contributed by atoms with Crippen molar-refractivity contribution in [2.24, 2.45) is 0 Å². The van der Waals surface area contributed by atoms with Crippen LogP contribution in [0.5, 0.6) is 0 Å². The van der Waals surface area contributed by atoms with Gasteiger partial charge in [0.05, 0.1) is 0 Å². The van der Waals surface area contributed by atoms with Crippen LogP contribution >= 0.6 is 11.9 Å². The van der Waals surface area contributed by atoms with E-state index in [4.69, 9.17) is 0 Å². The molecule has 0 amide bonds. The molecule has 0 saturated carbocycles. The van der Waals surface area contributed by atoms with Crippen LogP contribution in [0.25, 0.3) is 0 Å². The lowest BCUT2D eigenvalue weighted by Crippen LogP contribution is -1.99. The number of carbonyl (C=O) groups is 1. The van der Waals surface area contributed by atoms with Gasteiger partial charge in [-0.1, -0.05) is 36.4 Å². The summed E-state index contributed by atoms with van der Waals surface area (Å²) in [5.41, 5.74) is 1.64. The van der Waals surface area contributed by atoms with Crippen LogP contribution in [0.3, 0.4) is 0 Å². The third kappa shape index (κ3) is 5.10. The highest BCUT2D eigenvalue weighted by molar-refractivity contribution is 7.97. The Morgan fingerprint density at radius 1 is 1.10 bits per heavy atom. The summed E-state index contributed by atoms with van der Waals surface area (Å²) in [7, 11) is 4.01. The van der Waals surface area contributed by atoms with Crippen LogP contribution in [0.2, 0.25) is 0 Å². The van der Waals surface area contributed by atoms with Crippen LogP contribution in [-0.2, 0) is 0 Å². The molecule has 0 aliphatic rings. The molecule has 0 heterocycles. The van der Waals surface area contributed by atoms with Gasteiger partial charge >= 0.3 is 0 Å². The number of nitrogens with one attached hydrogen (secondary N) is 1. The van der Waals surface area contributed by atoms with Crippen molar-refractivity contribution in [2.75, 3.05) is 19.4 Å². The predicted molar refractivity (Wildman–Crippen MR) is 89.5 cm³/mol. The van der Waals surface area contributed by atoms with E-state index in [1.165, 1.54) is 0 Å². The van der Waals surface area contributed by atoms with E-state index in [9.17, 15) is 4.79 Å². The van der Waals surface area contributed by atoms with Gasteiger partial charge in [0, 0.05) is 28.4 Å². The van der Waals surface area contributed by atoms with Gasteiger partial charge in [-0.15, -0.1) is 0 Å². The third-order valence-corrected chi connectivity index (χ3v) is 3.49. The van der Waals surface area contributed by atoms with Crippen molar-refractivity contribution in [3.63, 3.8) is 0 Å². The summed E-state index contributed by atoms with van der Waals surface area (Å²) in [4.78, 5) is 13.1. The van der Waals surface area contributed by atoms with Gasteiger partial charge in [0.15, 0.2) is 5.78 Å². The molecular weight excluding hydrogens is 280 g/mol. The van der Waals surface area contributed by atoms with Crippen LogP contribution < -0.4 is 5.32 Å². The minimum Gasteiger partial charge on any atom is -0.362 e. The Kier molecular flexibility index (Phi) is 5.60. The molecule has 1 N–H and O–H groups in total. The molecule has 0 saturated heterocycles. The molecule has 2 aromatic rings. The second kappa shape index (κ2) is 7.67. The van der Waals surface area contributed by atoms with Gasteiger partial charge in [0.1, 0.15) is 0 Å². The summed E-state index contributed by atoms with van der Waals surface area (Å²) in [6.45, 7) is 0. The van der Waals surface area contributed by atoms with Crippen molar-refractivity contribution < 1.29 is 4.79 Å². The Labute approximate surface area is 129 Å². The van der Waals surface area contributed by atoms with Crippen LogP contribution in [0.1, 0.15) is 10.4 Å². The normalized spacial score (nSPS) is 11.0. The third-order valence-electron chi connectivity index (χ3n) is 2.67. The molecule has 0 aliphatic heterocycles. The van der Waals surface area contributed by atoms with Crippen molar-refractivity contribution in [3.8, 4) is 0 Å². The number of ketones is 1. The zero-order valence-electron chi connectivity index (χ0n) is 12.1. The van der Waals surface area contributed by atoms with E-state index in [-0.39, 0.29) is 5.78 Å². The molecule has 0 fully saturated rings. The first-order valence-electron chi connectivity index (χ1n) is 6.63. The van der Waals surface area contributed by atoms with E-state index >= 15 is 0 Å². The second-order valence-corrected chi connectivity index (χ2v) is 6.02. The maximum absolute atomic E-state index is 11.9. The molecule has 0 atom stereocenters. The van der Waals surface area contributed by atoms with Crippen molar-refractivity contribution >= 4 is 23.4 Å². The standard InChI is InChI=1S/C17H18N2OS/c1-19(2)21-16-10-6-9-15(13-16)18-12-11-17(20)14-7-4-3-5-8-14/h3-13,18H,1-2H3/b12-11-. The topological polar surface area (TPSA) is 32.3 Å². The number of rotatable bonds is 6. The Balaban J connectivity index is 1.96. The number of allylic oxidation sites excluding steroid dienone is 1. The fourth-order valence-electron chi connectivity index (χ4n) is 1.77. The molecular formula is C17H18N2OS. The van der Waals surface area contributed by atoms with Gasteiger partial charge in [-0.2, -0.15) is 0 Å². The van der Waals surface area contributed by atoms with Crippen molar-refractivity contribution in [2.45, 2.75) is 4.90 Å². The van der Waals surface area contributed by atoms with Crippen molar-refractivity contribution in [3.05, 3.63) is 72.4 Å². The summed E-state index contributed by atoms with van der Waals surface area (Å²) in [5.74, 6) is -0.0121. The van der Waals surface area contributed by atoms with Gasteiger partial charge in [0.2, 0.25) is 0 Å². The Hall–Kier alpha value is -2.04. The zero-order chi connectivity index (χ0) is 15.1. The number of hydrogen-bond donors (Lipinski definition) is 1. The summed E-state index contributed by atoms with van der Waals surface area (Å²) < 4.78 is 2.04. The fraction of sp³-hybridized carbons (Fsp3) is 0.118. The average Bonchev–Trinajstić information content (AvgIpc) is 2.48. The Bertz CT molecular complexity index is 624.